The predicted molar refractivity (Wildman–Crippen MR) is 72.7 cm³/mol. The second kappa shape index (κ2) is 6.05. The van der Waals surface area contributed by atoms with Gasteiger partial charge in [0.05, 0.1) is 0 Å². The number of hydrogen-bond donors (Lipinski definition) is 1. The van der Waals surface area contributed by atoms with Crippen molar-refractivity contribution in [2.45, 2.75) is 72.3 Å². The van der Waals surface area contributed by atoms with E-state index >= 15 is 0 Å². The van der Waals surface area contributed by atoms with Crippen LogP contribution in [0.15, 0.2) is 0 Å². The summed E-state index contributed by atoms with van der Waals surface area (Å²) in [4.78, 5) is 0. The first-order chi connectivity index (χ1) is 7.42. The Balaban J connectivity index is 2.37. The van der Waals surface area contributed by atoms with E-state index in [4.69, 9.17) is 0 Å². The summed E-state index contributed by atoms with van der Waals surface area (Å²) in [5, 5.41) is 3.56. The smallest absolute Gasteiger partial charge is 0.00948 e. The average Bonchev–Trinajstić information content (AvgIpc) is 2.63. The summed E-state index contributed by atoms with van der Waals surface area (Å²) in [6.45, 7) is 9.49. The molecule has 96 valence electrons. The summed E-state index contributed by atoms with van der Waals surface area (Å²) in [5.74, 6) is 1.80. The van der Waals surface area contributed by atoms with Crippen molar-refractivity contribution in [2.75, 3.05) is 7.05 Å². The van der Waals surface area contributed by atoms with Gasteiger partial charge in [-0.2, -0.15) is 0 Å². The van der Waals surface area contributed by atoms with Crippen LogP contribution in [-0.4, -0.2) is 13.1 Å². The van der Waals surface area contributed by atoms with Crippen LogP contribution in [0.4, 0.5) is 0 Å². The second-order valence-corrected chi connectivity index (χ2v) is 7.05. The third-order valence-corrected chi connectivity index (χ3v) is 3.96. The molecule has 0 aromatic rings. The zero-order chi connectivity index (χ0) is 12.2. The standard InChI is InChI=1S/C15H31N/c1-12(11-15(2,3)4)10-14(16-5)13-8-6-7-9-13/h12-14,16H,6-11H2,1-5H3. The molecule has 1 aliphatic carbocycles. The van der Waals surface area contributed by atoms with E-state index in [-0.39, 0.29) is 0 Å². The van der Waals surface area contributed by atoms with E-state index in [0.29, 0.717) is 5.41 Å². The van der Waals surface area contributed by atoms with E-state index in [1.807, 2.05) is 0 Å². The zero-order valence-electron chi connectivity index (χ0n) is 12.0. The molecule has 1 nitrogen and oxygen atoms in total. The maximum Gasteiger partial charge on any atom is 0.00948 e. The third-order valence-electron chi connectivity index (χ3n) is 3.96. The molecule has 0 aliphatic heterocycles. The molecule has 1 fully saturated rings. The normalized spacial score (nSPS) is 22.3. The molecule has 1 aliphatic rings. The van der Waals surface area contributed by atoms with Crippen molar-refractivity contribution >= 4 is 0 Å². The minimum atomic E-state index is 0.480. The maximum absolute atomic E-state index is 3.56. The van der Waals surface area contributed by atoms with Gasteiger partial charge in [-0.1, -0.05) is 40.5 Å². The topological polar surface area (TPSA) is 12.0 Å². The van der Waals surface area contributed by atoms with Crippen LogP contribution in [0.2, 0.25) is 0 Å². The van der Waals surface area contributed by atoms with Crippen LogP contribution in [0.1, 0.15) is 66.2 Å². The van der Waals surface area contributed by atoms with E-state index in [9.17, 15) is 0 Å². The fourth-order valence-corrected chi connectivity index (χ4v) is 3.47. The fraction of sp³-hybridized carbons (Fsp3) is 1.00. The van der Waals surface area contributed by atoms with Crippen molar-refractivity contribution < 1.29 is 0 Å². The Labute approximate surface area is 102 Å². The lowest BCUT2D eigenvalue weighted by atomic mass is 9.80. The predicted octanol–water partition coefficient (Wildman–Crippen LogP) is 4.23. The summed E-state index contributed by atoms with van der Waals surface area (Å²) >= 11 is 0. The minimum absolute atomic E-state index is 0.480. The Morgan fingerprint density at radius 2 is 1.75 bits per heavy atom. The molecule has 0 amide bonds. The first kappa shape index (κ1) is 14.0. The van der Waals surface area contributed by atoms with Gasteiger partial charge in [-0.3, -0.25) is 0 Å². The lowest BCUT2D eigenvalue weighted by Crippen LogP contribution is -2.34. The van der Waals surface area contributed by atoms with Gasteiger partial charge in [0.25, 0.3) is 0 Å². The van der Waals surface area contributed by atoms with E-state index in [0.717, 1.165) is 17.9 Å². The van der Waals surface area contributed by atoms with Gasteiger partial charge in [0, 0.05) is 6.04 Å². The van der Waals surface area contributed by atoms with Crippen LogP contribution in [-0.2, 0) is 0 Å². The van der Waals surface area contributed by atoms with Gasteiger partial charge in [0.15, 0.2) is 0 Å². The fourth-order valence-electron chi connectivity index (χ4n) is 3.47. The van der Waals surface area contributed by atoms with Crippen molar-refractivity contribution in [3.05, 3.63) is 0 Å². The first-order valence-electron chi connectivity index (χ1n) is 7.09. The lowest BCUT2D eigenvalue weighted by Gasteiger charge is -2.29. The number of rotatable bonds is 5. The van der Waals surface area contributed by atoms with Crippen LogP contribution < -0.4 is 5.32 Å². The highest BCUT2D eigenvalue weighted by molar-refractivity contribution is 4.82. The summed E-state index contributed by atoms with van der Waals surface area (Å²) in [5.41, 5.74) is 0.480. The molecule has 0 heterocycles. The first-order valence-corrected chi connectivity index (χ1v) is 7.09. The highest BCUT2D eigenvalue weighted by Gasteiger charge is 2.26. The second-order valence-electron chi connectivity index (χ2n) is 7.05. The molecule has 0 aromatic heterocycles. The number of hydrogen-bond acceptors (Lipinski definition) is 1. The molecule has 0 bridgehead atoms. The van der Waals surface area contributed by atoms with Gasteiger partial charge in [0.1, 0.15) is 0 Å². The highest BCUT2D eigenvalue weighted by atomic mass is 14.9. The third kappa shape index (κ3) is 4.86. The maximum atomic E-state index is 3.56. The zero-order valence-corrected chi connectivity index (χ0v) is 12.0. The number of nitrogens with one attached hydrogen (secondary N) is 1. The van der Waals surface area contributed by atoms with Crippen LogP contribution in [0.5, 0.6) is 0 Å². The van der Waals surface area contributed by atoms with Crippen molar-refractivity contribution in [1.29, 1.82) is 0 Å². The van der Waals surface area contributed by atoms with Crippen LogP contribution in [0, 0.1) is 17.3 Å². The van der Waals surface area contributed by atoms with Gasteiger partial charge >= 0.3 is 0 Å². The Morgan fingerprint density at radius 1 is 1.19 bits per heavy atom. The molecule has 1 rings (SSSR count). The van der Waals surface area contributed by atoms with Crippen molar-refractivity contribution in [3.63, 3.8) is 0 Å². The van der Waals surface area contributed by atoms with E-state index in [2.05, 4.69) is 40.1 Å². The van der Waals surface area contributed by atoms with Crippen LogP contribution in [0.3, 0.4) is 0 Å². The lowest BCUT2D eigenvalue weighted by molar-refractivity contribution is 0.249. The van der Waals surface area contributed by atoms with Crippen molar-refractivity contribution in [3.8, 4) is 0 Å². The quantitative estimate of drug-likeness (QED) is 0.738. The summed E-state index contributed by atoms with van der Waals surface area (Å²) in [6, 6.07) is 0.764. The van der Waals surface area contributed by atoms with E-state index < -0.39 is 0 Å². The molecule has 0 spiro atoms. The molecular formula is C15H31N. The Hall–Kier alpha value is -0.0400. The van der Waals surface area contributed by atoms with Crippen molar-refractivity contribution in [1.82, 2.24) is 5.32 Å². The average molecular weight is 225 g/mol. The molecule has 1 saturated carbocycles. The molecular weight excluding hydrogens is 194 g/mol. The Morgan fingerprint density at radius 3 is 2.19 bits per heavy atom. The molecule has 2 atom stereocenters. The van der Waals surface area contributed by atoms with Gasteiger partial charge < -0.3 is 5.32 Å². The van der Waals surface area contributed by atoms with Gasteiger partial charge in [0.2, 0.25) is 0 Å². The largest absolute Gasteiger partial charge is 0.317 e. The van der Waals surface area contributed by atoms with Crippen LogP contribution in [0.25, 0.3) is 0 Å². The molecule has 0 saturated heterocycles. The molecule has 0 aromatic carbocycles. The summed E-state index contributed by atoms with van der Waals surface area (Å²) < 4.78 is 0. The van der Waals surface area contributed by atoms with E-state index in [1.165, 1.54) is 38.5 Å². The summed E-state index contributed by atoms with van der Waals surface area (Å²) in [6.07, 6.45) is 8.52. The molecule has 1 N–H and O–H groups in total. The van der Waals surface area contributed by atoms with Crippen LogP contribution >= 0.6 is 0 Å². The van der Waals surface area contributed by atoms with Gasteiger partial charge in [-0.25, -0.2) is 0 Å². The molecule has 1 heteroatoms. The Bertz CT molecular complexity index is 186. The van der Waals surface area contributed by atoms with E-state index in [1.54, 1.807) is 0 Å². The SMILES string of the molecule is CNC(CC(C)CC(C)(C)C)C1CCCC1. The van der Waals surface area contributed by atoms with Crippen molar-refractivity contribution in [2.24, 2.45) is 17.3 Å². The highest BCUT2D eigenvalue weighted by Crippen LogP contribution is 2.33. The molecule has 0 radical (unpaired) electrons. The summed E-state index contributed by atoms with van der Waals surface area (Å²) in [7, 11) is 2.15. The Kier molecular flexibility index (Phi) is 5.30. The van der Waals surface area contributed by atoms with Gasteiger partial charge in [-0.05, 0) is 50.0 Å². The molecule has 2 unspecified atom stereocenters. The monoisotopic (exact) mass is 225 g/mol. The minimum Gasteiger partial charge on any atom is -0.317 e. The van der Waals surface area contributed by atoms with Gasteiger partial charge in [-0.15, -0.1) is 0 Å². The molecule has 16 heavy (non-hydrogen) atoms.